The summed E-state index contributed by atoms with van der Waals surface area (Å²) in [5, 5.41) is 18.3. The average Bonchev–Trinajstić information content (AvgIpc) is 3.41. The molecule has 1 saturated heterocycles. The van der Waals surface area contributed by atoms with Crippen molar-refractivity contribution in [2.24, 2.45) is 0 Å². The van der Waals surface area contributed by atoms with Crippen LogP contribution in [-0.4, -0.2) is 41.7 Å². The van der Waals surface area contributed by atoms with Gasteiger partial charge in [0.25, 0.3) is 0 Å². The van der Waals surface area contributed by atoms with E-state index in [4.69, 9.17) is 14.1 Å². The first-order valence-corrected chi connectivity index (χ1v) is 9.69. The summed E-state index contributed by atoms with van der Waals surface area (Å²) in [5.74, 6) is 1.80. The summed E-state index contributed by atoms with van der Waals surface area (Å²) in [6.45, 7) is 0.513. The van der Waals surface area contributed by atoms with E-state index in [1.165, 1.54) is 18.4 Å². The minimum Gasteiger partial charge on any atom is -0.493 e. The molecule has 0 amide bonds. The Kier molecular flexibility index (Phi) is 4.09. The molecule has 5 rings (SSSR count). The van der Waals surface area contributed by atoms with Crippen LogP contribution < -0.4 is 9.47 Å². The third kappa shape index (κ3) is 2.89. The monoisotopic (exact) mass is 366 g/mol. The van der Waals surface area contributed by atoms with Crippen LogP contribution in [0, 0.1) is 0 Å². The number of rotatable bonds is 3. The molecule has 3 aliphatic rings. The van der Waals surface area contributed by atoms with Gasteiger partial charge in [-0.3, -0.25) is 0 Å². The Morgan fingerprint density at radius 1 is 1.30 bits per heavy atom. The molecule has 3 heterocycles. The minimum absolute atomic E-state index is 0.0832. The van der Waals surface area contributed by atoms with E-state index in [2.05, 4.69) is 22.3 Å². The van der Waals surface area contributed by atoms with Crippen molar-refractivity contribution in [1.82, 2.24) is 10.2 Å². The number of nitrogens with zero attached hydrogens (tertiary/aromatic N) is 2. The summed E-state index contributed by atoms with van der Waals surface area (Å²) in [6, 6.07) is 6.09. The molecule has 1 atom stereocenters. The quantitative estimate of drug-likeness (QED) is 0.842. The first kappa shape index (κ1) is 17.0. The summed E-state index contributed by atoms with van der Waals surface area (Å²) < 4.78 is 17.3. The molecule has 7 heteroatoms. The molecule has 1 saturated carbocycles. The summed E-state index contributed by atoms with van der Waals surface area (Å²) >= 11 is 0. The van der Waals surface area contributed by atoms with Gasteiger partial charge in [0.05, 0.1) is 19.0 Å². The lowest BCUT2D eigenvalue weighted by Crippen LogP contribution is -2.30. The third-order valence-corrected chi connectivity index (χ3v) is 6.18. The molecule has 1 spiro atoms. The fraction of sp³-hybridized carbons (Fsp3) is 0.500. The molecule has 2 aromatic rings. The van der Waals surface area contributed by atoms with Crippen LogP contribution in [0.4, 0.5) is 0 Å². The van der Waals surface area contributed by atoms with Crippen molar-refractivity contribution in [2.45, 2.75) is 49.9 Å². The highest BCUT2D eigenvalue weighted by Crippen LogP contribution is 2.51. The lowest BCUT2D eigenvalue weighted by molar-refractivity contribution is 0.0996. The molecular weight excluding hydrogens is 343 g/mol. The van der Waals surface area contributed by atoms with E-state index in [1.54, 1.807) is 13.3 Å². The molecule has 2 fully saturated rings. The van der Waals surface area contributed by atoms with Crippen molar-refractivity contribution in [3.05, 3.63) is 35.5 Å². The first-order valence-electron chi connectivity index (χ1n) is 9.69. The second-order valence-electron chi connectivity index (χ2n) is 7.89. The second-order valence-corrected chi connectivity index (χ2v) is 7.89. The van der Waals surface area contributed by atoms with Gasteiger partial charge in [0, 0.05) is 30.1 Å². The van der Waals surface area contributed by atoms with Gasteiger partial charge in [0.2, 0.25) is 0 Å². The highest BCUT2D eigenvalue weighted by Gasteiger charge is 2.44. The molecule has 0 bridgehead atoms. The Bertz CT molecular complexity index is 869. The van der Waals surface area contributed by atoms with Gasteiger partial charge in [-0.05, 0) is 55.8 Å². The smallest absolute Gasteiger partial charge is 0.454 e. The largest absolute Gasteiger partial charge is 0.493 e. The number of aromatic nitrogens is 2. The molecule has 1 aromatic heterocycles. The van der Waals surface area contributed by atoms with Crippen LogP contribution in [0.3, 0.4) is 0 Å². The van der Waals surface area contributed by atoms with Crippen LogP contribution in [-0.2, 0) is 11.1 Å². The van der Waals surface area contributed by atoms with Crippen molar-refractivity contribution in [1.29, 1.82) is 0 Å². The van der Waals surface area contributed by atoms with E-state index in [0.29, 0.717) is 12.9 Å². The number of methoxy groups -OCH3 is 1. The molecule has 6 nitrogen and oxygen atoms in total. The number of hydrogen-bond acceptors (Lipinski definition) is 6. The van der Waals surface area contributed by atoms with Gasteiger partial charge in [-0.15, -0.1) is 0 Å². The van der Waals surface area contributed by atoms with Crippen LogP contribution in [0.25, 0.3) is 11.3 Å². The van der Waals surface area contributed by atoms with Gasteiger partial charge in [-0.1, -0.05) is 0 Å². The van der Waals surface area contributed by atoms with Crippen molar-refractivity contribution in [2.75, 3.05) is 13.7 Å². The molecule has 27 heavy (non-hydrogen) atoms. The molecule has 2 aliphatic heterocycles. The highest BCUT2D eigenvalue weighted by molar-refractivity contribution is 6.43. The van der Waals surface area contributed by atoms with Gasteiger partial charge in [0.15, 0.2) is 11.5 Å². The minimum atomic E-state index is -0.688. The average molecular weight is 366 g/mol. The summed E-state index contributed by atoms with van der Waals surface area (Å²) in [5.41, 5.74) is 4.04. The van der Waals surface area contributed by atoms with Crippen LogP contribution in [0.2, 0.25) is 6.32 Å². The van der Waals surface area contributed by atoms with Gasteiger partial charge < -0.3 is 19.2 Å². The Balaban J connectivity index is 1.54. The standard InChI is InChI=1S/C20H23BN2O4/c1-25-18-5-4-15(16-9-20(27-19(16)18)6-2-3-7-20)17-8-13(11-22-23-17)14-10-21(24)26-12-14/h4-5,8,11,14,24H,2-3,6-7,9-10,12H2,1H3/t14-/m0/s1. The number of fused-ring (bicyclic) bond motifs is 1. The van der Waals surface area contributed by atoms with Crippen molar-refractivity contribution >= 4 is 7.12 Å². The van der Waals surface area contributed by atoms with E-state index in [9.17, 15) is 5.02 Å². The molecule has 1 aromatic carbocycles. The van der Waals surface area contributed by atoms with Gasteiger partial charge in [0.1, 0.15) is 5.60 Å². The maximum absolute atomic E-state index is 9.66. The van der Waals surface area contributed by atoms with Gasteiger partial charge in [-0.25, -0.2) is 0 Å². The van der Waals surface area contributed by atoms with Crippen molar-refractivity contribution in [3.63, 3.8) is 0 Å². The maximum atomic E-state index is 9.66. The molecule has 0 unspecified atom stereocenters. The normalized spacial score (nSPS) is 22.9. The van der Waals surface area contributed by atoms with E-state index in [-0.39, 0.29) is 11.5 Å². The van der Waals surface area contributed by atoms with E-state index in [0.717, 1.165) is 47.6 Å². The lowest BCUT2D eigenvalue weighted by Gasteiger charge is -2.22. The fourth-order valence-electron chi connectivity index (χ4n) is 4.74. The topological polar surface area (TPSA) is 73.7 Å². The third-order valence-electron chi connectivity index (χ3n) is 6.18. The molecular formula is C20H23BN2O4. The Hall–Kier alpha value is -2.12. The van der Waals surface area contributed by atoms with E-state index < -0.39 is 7.12 Å². The predicted molar refractivity (Wildman–Crippen MR) is 101 cm³/mol. The molecule has 1 N–H and O–H groups in total. The Morgan fingerprint density at radius 3 is 2.89 bits per heavy atom. The molecule has 1 aliphatic carbocycles. The van der Waals surface area contributed by atoms with Gasteiger partial charge in [-0.2, -0.15) is 10.2 Å². The van der Waals surface area contributed by atoms with Crippen LogP contribution >= 0.6 is 0 Å². The van der Waals surface area contributed by atoms with Crippen molar-refractivity contribution in [3.8, 4) is 22.8 Å². The van der Waals surface area contributed by atoms with Crippen LogP contribution in [0.15, 0.2) is 24.4 Å². The zero-order valence-corrected chi connectivity index (χ0v) is 15.5. The maximum Gasteiger partial charge on any atom is 0.454 e. The molecule has 140 valence electrons. The predicted octanol–water partition coefficient (Wildman–Crippen LogP) is 2.99. The Morgan fingerprint density at radius 2 is 2.15 bits per heavy atom. The number of hydrogen-bond donors (Lipinski definition) is 1. The number of ether oxygens (including phenoxy) is 2. The zero-order valence-electron chi connectivity index (χ0n) is 15.5. The summed E-state index contributed by atoms with van der Waals surface area (Å²) in [6.07, 6.45) is 7.87. The van der Waals surface area contributed by atoms with E-state index in [1.807, 2.05) is 6.07 Å². The molecule has 0 radical (unpaired) electrons. The fourth-order valence-corrected chi connectivity index (χ4v) is 4.74. The number of benzene rings is 1. The highest BCUT2D eigenvalue weighted by atomic mass is 16.5. The second kappa shape index (κ2) is 6.50. The van der Waals surface area contributed by atoms with E-state index >= 15 is 0 Å². The van der Waals surface area contributed by atoms with Crippen molar-refractivity contribution < 1.29 is 19.2 Å². The first-order chi connectivity index (χ1) is 13.2. The van der Waals surface area contributed by atoms with Crippen LogP contribution in [0.1, 0.15) is 42.7 Å². The lowest BCUT2D eigenvalue weighted by atomic mass is 9.80. The van der Waals surface area contributed by atoms with Gasteiger partial charge >= 0.3 is 7.12 Å². The Labute approximate surface area is 159 Å². The summed E-state index contributed by atoms with van der Waals surface area (Å²) in [4.78, 5) is 0. The zero-order chi connectivity index (χ0) is 18.4. The SMILES string of the molecule is COc1ccc(-c2cc([C@@H]3COB(O)C3)cnn2)c2c1OC1(CCCC1)C2. The summed E-state index contributed by atoms with van der Waals surface area (Å²) in [7, 11) is 0.997. The van der Waals surface area contributed by atoms with Crippen LogP contribution in [0.5, 0.6) is 11.5 Å².